The van der Waals surface area contributed by atoms with Gasteiger partial charge < -0.3 is 15.4 Å². The molecule has 2 heterocycles. The molecule has 0 fully saturated rings. The molecule has 0 saturated carbocycles. The van der Waals surface area contributed by atoms with Crippen molar-refractivity contribution in [1.82, 2.24) is 15.2 Å². The summed E-state index contributed by atoms with van der Waals surface area (Å²) >= 11 is 1.46. The Labute approximate surface area is 164 Å². The van der Waals surface area contributed by atoms with Crippen LogP contribution in [0.25, 0.3) is 10.9 Å². The van der Waals surface area contributed by atoms with Crippen LogP contribution in [-0.4, -0.2) is 34.5 Å². The van der Waals surface area contributed by atoms with E-state index in [9.17, 15) is 4.79 Å². The molecular formula is C19H16N6O2S. The van der Waals surface area contributed by atoms with Crippen molar-refractivity contribution in [2.24, 2.45) is 4.99 Å². The first-order chi connectivity index (χ1) is 13.7. The summed E-state index contributed by atoms with van der Waals surface area (Å²) in [6, 6.07) is 12.2. The number of aliphatic imine (C=N–C) groups is 1. The molecule has 4 aromatic rings. The second-order valence-corrected chi connectivity index (χ2v) is 6.62. The van der Waals surface area contributed by atoms with Crippen molar-refractivity contribution in [3.63, 3.8) is 0 Å². The van der Waals surface area contributed by atoms with E-state index in [0.29, 0.717) is 16.5 Å². The van der Waals surface area contributed by atoms with E-state index in [-0.39, 0.29) is 6.03 Å². The van der Waals surface area contributed by atoms with Crippen LogP contribution in [-0.2, 0) is 0 Å². The molecule has 8 nitrogen and oxygen atoms in total. The van der Waals surface area contributed by atoms with Crippen molar-refractivity contribution >= 4 is 51.0 Å². The van der Waals surface area contributed by atoms with Crippen LogP contribution in [0.1, 0.15) is 5.69 Å². The van der Waals surface area contributed by atoms with Crippen molar-refractivity contribution < 1.29 is 9.53 Å². The molecule has 0 bridgehead atoms. The summed E-state index contributed by atoms with van der Waals surface area (Å²) in [5.74, 6) is 0.726. The molecule has 0 saturated heterocycles. The largest absolute Gasteiger partial charge is 0.497 e. The Morgan fingerprint density at radius 2 is 1.96 bits per heavy atom. The van der Waals surface area contributed by atoms with E-state index in [4.69, 9.17) is 4.74 Å². The number of hydrogen-bond acceptors (Lipinski definition) is 6. The van der Waals surface area contributed by atoms with Crippen LogP contribution in [0.15, 0.2) is 59.0 Å². The Morgan fingerprint density at radius 1 is 1.18 bits per heavy atom. The maximum Gasteiger partial charge on any atom is 0.323 e. The van der Waals surface area contributed by atoms with Crippen LogP contribution < -0.4 is 15.4 Å². The molecule has 2 aromatic heterocycles. The van der Waals surface area contributed by atoms with Gasteiger partial charge in [-0.25, -0.2) is 14.8 Å². The number of aromatic nitrogens is 3. The molecule has 28 heavy (non-hydrogen) atoms. The van der Waals surface area contributed by atoms with Gasteiger partial charge in [0.1, 0.15) is 5.75 Å². The molecule has 9 heteroatoms. The quantitative estimate of drug-likeness (QED) is 0.437. The number of amides is 2. The summed E-state index contributed by atoms with van der Waals surface area (Å²) in [7, 11) is 1.59. The van der Waals surface area contributed by atoms with Gasteiger partial charge in [0.05, 0.1) is 24.5 Å². The summed E-state index contributed by atoms with van der Waals surface area (Å²) in [6.45, 7) is 0. The van der Waals surface area contributed by atoms with E-state index in [0.717, 1.165) is 22.3 Å². The molecule has 0 atom stereocenters. The Bertz CT molecular complexity index is 1120. The monoisotopic (exact) mass is 392 g/mol. The topological polar surface area (TPSA) is 104 Å². The highest BCUT2D eigenvalue weighted by Crippen LogP contribution is 2.21. The lowest BCUT2D eigenvalue weighted by atomic mass is 10.2. The van der Waals surface area contributed by atoms with E-state index in [1.165, 1.54) is 11.3 Å². The Morgan fingerprint density at radius 3 is 2.71 bits per heavy atom. The molecule has 2 aromatic carbocycles. The van der Waals surface area contributed by atoms with Gasteiger partial charge in [0.25, 0.3) is 0 Å². The normalized spacial score (nSPS) is 11.0. The summed E-state index contributed by atoms with van der Waals surface area (Å²) in [5.41, 5.74) is 2.80. The molecule has 0 unspecified atom stereocenters. The predicted octanol–water partition coefficient (Wildman–Crippen LogP) is 4.42. The predicted molar refractivity (Wildman–Crippen MR) is 111 cm³/mol. The van der Waals surface area contributed by atoms with Gasteiger partial charge in [-0.05, 0) is 42.5 Å². The fraction of sp³-hybridized carbons (Fsp3) is 0.0526. The summed E-state index contributed by atoms with van der Waals surface area (Å²) in [4.78, 5) is 20.6. The molecule has 3 N–H and O–H groups in total. The summed E-state index contributed by atoms with van der Waals surface area (Å²) in [5, 5.41) is 16.2. The average Bonchev–Trinajstić information content (AvgIpc) is 3.36. The number of H-pyrrole nitrogens is 1. The second kappa shape index (κ2) is 7.89. The smallest absolute Gasteiger partial charge is 0.323 e. The number of aromatic amines is 1. The number of hydrogen-bond donors (Lipinski definition) is 3. The van der Waals surface area contributed by atoms with Gasteiger partial charge in [-0.15, -0.1) is 11.3 Å². The molecule has 0 aliphatic rings. The maximum absolute atomic E-state index is 12.2. The van der Waals surface area contributed by atoms with E-state index >= 15 is 0 Å². The molecule has 140 valence electrons. The Hall–Kier alpha value is -3.72. The van der Waals surface area contributed by atoms with Crippen molar-refractivity contribution in [3.05, 3.63) is 59.7 Å². The molecule has 0 radical (unpaired) electrons. The highest BCUT2D eigenvalue weighted by Gasteiger charge is 2.07. The zero-order chi connectivity index (χ0) is 19.3. The number of urea groups is 1. The summed E-state index contributed by atoms with van der Waals surface area (Å²) in [6.07, 6.45) is 3.40. The number of ether oxygens (including phenoxy) is 1. The summed E-state index contributed by atoms with van der Waals surface area (Å²) < 4.78 is 5.10. The van der Waals surface area contributed by atoms with E-state index in [2.05, 4.69) is 30.8 Å². The van der Waals surface area contributed by atoms with Crippen LogP contribution in [0.2, 0.25) is 0 Å². The fourth-order valence-corrected chi connectivity index (χ4v) is 3.05. The third kappa shape index (κ3) is 3.99. The highest BCUT2D eigenvalue weighted by molar-refractivity contribution is 7.13. The van der Waals surface area contributed by atoms with Crippen molar-refractivity contribution in [2.75, 3.05) is 17.7 Å². The van der Waals surface area contributed by atoms with Crippen molar-refractivity contribution in [1.29, 1.82) is 0 Å². The number of carbonyl (C=O) groups excluding carboxylic acids is 1. The minimum absolute atomic E-state index is 0.342. The first kappa shape index (κ1) is 17.7. The van der Waals surface area contributed by atoms with Gasteiger partial charge in [0, 0.05) is 28.3 Å². The van der Waals surface area contributed by atoms with Gasteiger partial charge in [0.2, 0.25) is 5.13 Å². The number of thiazole rings is 1. The minimum Gasteiger partial charge on any atom is -0.497 e. The van der Waals surface area contributed by atoms with Crippen LogP contribution in [0.5, 0.6) is 5.75 Å². The van der Waals surface area contributed by atoms with E-state index in [1.54, 1.807) is 49.9 Å². The number of benzene rings is 2. The van der Waals surface area contributed by atoms with Crippen LogP contribution in [0.3, 0.4) is 0 Å². The minimum atomic E-state index is -0.342. The Balaban J connectivity index is 1.45. The number of rotatable bonds is 5. The van der Waals surface area contributed by atoms with Crippen LogP contribution >= 0.6 is 11.3 Å². The van der Waals surface area contributed by atoms with Crippen LogP contribution in [0, 0.1) is 0 Å². The number of anilines is 2. The molecule has 4 rings (SSSR count). The first-order valence-corrected chi connectivity index (χ1v) is 9.23. The number of nitrogens with one attached hydrogen (secondary N) is 3. The highest BCUT2D eigenvalue weighted by atomic mass is 32.1. The van der Waals surface area contributed by atoms with E-state index < -0.39 is 0 Å². The van der Waals surface area contributed by atoms with Gasteiger partial charge in [0.15, 0.2) is 0 Å². The first-order valence-electron chi connectivity index (χ1n) is 8.35. The molecule has 2 amide bonds. The van der Waals surface area contributed by atoms with Gasteiger partial charge >= 0.3 is 6.03 Å². The fourth-order valence-electron chi connectivity index (χ4n) is 2.58. The standard InChI is InChI=1S/C19H16N6O2S/c1-27-14-5-2-12(3-6-14)22-18(26)23-13-4-7-15-16(10-13)24-25-17(15)11-21-19-20-8-9-28-19/h2-11H,1H3,(H,24,25)(H2,22,23,26)/b21-11+. The number of fused-ring (bicyclic) bond motifs is 1. The zero-order valence-electron chi connectivity index (χ0n) is 14.8. The third-order valence-corrected chi connectivity index (χ3v) is 4.59. The molecular weight excluding hydrogens is 376 g/mol. The van der Waals surface area contributed by atoms with Crippen molar-refractivity contribution in [2.45, 2.75) is 0 Å². The average molecular weight is 392 g/mol. The van der Waals surface area contributed by atoms with E-state index in [1.807, 2.05) is 17.5 Å². The number of methoxy groups -OCH3 is 1. The van der Waals surface area contributed by atoms with Gasteiger partial charge in [-0.3, -0.25) is 5.10 Å². The van der Waals surface area contributed by atoms with Crippen molar-refractivity contribution in [3.8, 4) is 5.75 Å². The van der Waals surface area contributed by atoms with Gasteiger partial charge in [-0.2, -0.15) is 5.10 Å². The lowest BCUT2D eigenvalue weighted by Crippen LogP contribution is -2.19. The number of carbonyl (C=O) groups is 1. The lowest BCUT2D eigenvalue weighted by molar-refractivity contribution is 0.262. The third-order valence-electron chi connectivity index (χ3n) is 3.91. The maximum atomic E-state index is 12.2. The number of nitrogens with zero attached hydrogens (tertiary/aromatic N) is 3. The molecule has 0 spiro atoms. The second-order valence-electron chi connectivity index (χ2n) is 5.75. The lowest BCUT2D eigenvalue weighted by Gasteiger charge is -2.08. The van der Waals surface area contributed by atoms with Crippen LogP contribution in [0.4, 0.5) is 21.3 Å². The zero-order valence-corrected chi connectivity index (χ0v) is 15.7. The molecule has 0 aliphatic carbocycles. The SMILES string of the molecule is COc1ccc(NC(=O)Nc2ccc3c(/C=N/c4nccs4)[nH]nc3c2)cc1. The Kier molecular flexibility index (Phi) is 4.98. The van der Waals surface area contributed by atoms with Gasteiger partial charge in [-0.1, -0.05) is 0 Å². The molecule has 0 aliphatic heterocycles.